The van der Waals surface area contributed by atoms with E-state index in [0.29, 0.717) is 23.8 Å². The van der Waals surface area contributed by atoms with E-state index in [9.17, 15) is 23.3 Å². The quantitative estimate of drug-likeness (QED) is 0.236. The summed E-state index contributed by atoms with van der Waals surface area (Å²) in [7, 11) is -4.45. The maximum atomic E-state index is 13.4. The van der Waals surface area contributed by atoms with Crippen molar-refractivity contribution in [2.24, 2.45) is 11.0 Å². The van der Waals surface area contributed by atoms with E-state index >= 15 is 0 Å². The van der Waals surface area contributed by atoms with Gasteiger partial charge in [0.2, 0.25) is 0 Å². The number of rotatable bonds is 11. The lowest BCUT2D eigenvalue weighted by Gasteiger charge is -2.23. The minimum absolute atomic E-state index is 0.173. The molecule has 0 spiro atoms. The number of ether oxygens (including phenoxy) is 1. The van der Waals surface area contributed by atoms with Gasteiger partial charge in [-0.3, -0.25) is 19.2 Å². The average molecular weight is 511 g/mol. The van der Waals surface area contributed by atoms with Gasteiger partial charge < -0.3 is 4.74 Å². The van der Waals surface area contributed by atoms with E-state index in [1.807, 2.05) is 0 Å². The molecule has 36 heavy (non-hydrogen) atoms. The first-order chi connectivity index (χ1) is 17.2. The molecular formula is C25H26N4O6S. The Hall–Kier alpha value is -4.25. The molecule has 3 aromatic carbocycles. The van der Waals surface area contributed by atoms with Gasteiger partial charge in [-0.2, -0.15) is 5.10 Å². The van der Waals surface area contributed by atoms with Crippen molar-refractivity contribution in [1.82, 2.24) is 5.43 Å². The maximum absolute atomic E-state index is 13.4. The number of hydrogen-bond acceptors (Lipinski definition) is 7. The number of hydrazone groups is 1. The SMILES string of the molecule is CC(C)COc1ccc(/C=N\NC(=O)CN(c2ccccc2)S(=O)(=O)c2ccccc2[N+](=O)[O-])cc1. The average Bonchev–Trinajstić information content (AvgIpc) is 2.87. The molecule has 3 aromatic rings. The molecule has 1 amide bonds. The molecule has 0 fully saturated rings. The summed E-state index contributed by atoms with van der Waals surface area (Å²) in [6, 6.07) is 19.9. The lowest BCUT2D eigenvalue weighted by Crippen LogP contribution is -2.39. The van der Waals surface area contributed by atoms with Gasteiger partial charge in [-0.15, -0.1) is 0 Å². The maximum Gasteiger partial charge on any atom is 0.289 e. The zero-order chi connectivity index (χ0) is 26.1. The number of nitrogens with zero attached hydrogens (tertiary/aromatic N) is 3. The third-order valence-corrected chi connectivity index (χ3v) is 6.65. The number of anilines is 1. The van der Waals surface area contributed by atoms with E-state index in [4.69, 9.17) is 4.74 Å². The molecule has 0 atom stereocenters. The standard InChI is InChI=1S/C25H26N4O6S/c1-19(2)18-35-22-14-12-20(13-15-22)16-26-27-25(30)17-28(21-8-4-3-5-9-21)36(33,34)24-11-7-6-10-23(24)29(31)32/h3-16,19H,17-18H2,1-2H3,(H,27,30)/b26-16-. The van der Waals surface area contributed by atoms with E-state index in [-0.39, 0.29) is 5.69 Å². The van der Waals surface area contributed by atoms with Gasteiger partial charge in [-0.05, 0) is 53.9 Å². The van der Waals surface area contributed by atoms with Crippen molar-refractivity contribution in [2.45, 2.75) is 18.7 Å². The van der Waals surface area contributed by atoms with Crippen molar-refractivity contribution in [3.8, 4) is 5.75 Å². The topological polar surface area (TPSA) is 131 Å². The smallest absolute Gasteiger partial charge is 0.289 e. The first kappa shape index (κ1) is 26.4. The van der Waals surface area contributed by atoms with Gasteiger partial charge in [-0.1, -0.05) is 44.2 Å². The number of carbonyl (C=O) groups excluding carboxylic acids is 1. The number of sulfonamides is 1. The second-order valence-corrected chi connectivity index (χ2v) is 9.97. The van der Waals surface area contributed by atoms with Crippen molar-refractivity contribution in [3.05, 3.63) is 94.5 Å². The molecule has 0 aliphatic rings. The van der Waals surface area contributed by atoms with Gasteiger partial charge in [0.1, 0.15) is 12.3 Å². The van der Waals surface area contributed by atoms with Gasteiger partial charge in [-0.25, -0.2) is 13.8 Å². The van der Waals surface area contributed by atoms with Crippen LogP contribution >= 0.6 is 0 Å². The lowest BCUT2D eigenvalue weighted by molar-refractivity contribution is -0.387. The normalized spacial score (nSPS) is 11.4. The number of hydrogen-bond donors (Lipinski definition) is 1. The Kier molecular flexibility index (Phi) is 8.74. The molecule has 0 aliphatic heterocycles. The first-order valence-electron chi connectivity index (χ1n) is 11.0. The monoisotopic (exact) mass is 510 g/mol. The number of benzene rings is 3. The zero-order valence-corrected chi connectivity index (χ0v) is 20.6. The highest BCUT2D eigenvalue weighted by Gasteiger charge is 2.33. The molecule has 10 nitrogen and oxygen atoms in total. The molecule has 3 rings (SSSR count). The van der Waals surface area contributed by atoms with Gasteiger partial charge in [0.15, 0.2) is 4.90 Å². The Balaban J connectivity index is 1.76. The second kappa shape index (κ2) is 11.9. The molecule has 0 radical (unpaired) electrons. The Labute approximate surface area is 209 Å². The summed E-state index contributed by atoms with van der Waals surface area (Å²) < 4.78 is 33.2. The number of carbonyl (C=O) groups is 1. The van der Waals surface area contributed by atoms with E-state index in [2.05, 4.69) is 24.4 Å². The van der Waals surface area contributed by atoms with Gasteiger partial charge >= 0.3 is 0 Å². The number of amides is 1. The molecule has 1 N–H and O–H groups in total. The van der Waals surface area contributed by atoms with Crippen LogP contribution in [0.1, 0.15) is 19.4 Å². The fraction of sp³-hybridized carbons (Fsp3) is 0.200. The summed E-state index contributed by atoms with van der Waals surface area (Å²) in [5.41, 5.74) is 2.59. The number of para-hydroxylation sites is 2. The van der Waals surface area contributed by atoms with Crippen molar-refractivity contribution < 1.29 is 22.9 Å². The summed E-state index contributed by atoms with van der Waals surface area (Å²) in [6.07, 6.45) is 1.41. The summed E-state index contributed by atoms with van der Waals surface area (Å²) in [5.74, 6) is 0.381. The van der Waals surface area contributed by atoms with Crippen LogP contribution in [0.4, 0.5) is 11.4 Å². The molecule has 11 heteroatoms. The van der Waals surface area contributed by atoms with Crippen LogP contribution < -0.4 is 14.5 Å². The van der Waals surface area contributed by atoms with Crippen LogP contribution in [0.5, 0.6) is 5.75 Å². The van der Waals surface area contributed by atoms with Crippen LogP contribution in [-0.2, 0) is 14.8 Å². The summed E-state index contributed by atoms with van der Waals surface area (Å²) in [6.45, 7) is 4.05. The number of nitro groups is 1. The Bertz CT molecular complexity index is 1330. The van der Waals surface area contributed by atoms with Crippen LogP contribution in [0.15, 0.2) is 88.9 Å². The summed E-state index contributed by atoms with van der Waals surface area (Å²) >= 11 is 0. The number of nitrogens with one attached hydrogen (secondary N) is 1. The van der Waals surface area contributed by atoms with E-state index in [1.54, 1.807) is 42.5 Å². The fourth-order valence-electron chi connectivity index (χ4n) is 3.11. The minimum Gasteiger partial charge on any atom is -0.493 e. The minimum atomic E-state index is -4.45. The Morgan fingerprint density at radius 3 is 2.33 bits per heavy atom. The van der Waals surface area contributed by atoms with E-state index < -0.39 is 38.0 Å². The van der Waals surface area contributed by atoms with Crippen LogP contribution in [0.2, 0.25) is 0 Å². The zero-order valence-electron chi connectivity index (χ0n) is 19.8. The van der Waals surface area contributed by atoms with Crippen LogP contribution in [0.3, 0.4) is 0 Å². The third-order valence-electron chi connectivity index (χ3n) is 4.83. The van der Waals surface area contributed by atoms with Crippen LogP contribution in [0.25, 0.3) is 0 Å². The second-order valence-electron chi connectivity index (χ2n) is 8.14. The van der Waals surface area contributed by atoms with Gasteiger partial charge in [0, 0.05) is 6.07 Å². The molecule has 0 unspecified atom stereocenters. The highest BCUT2D eigenvalue weighted by molar-refractivity contribution is 7.93. The van der Waals surface area contributed by atoms with Crippen molar-refractivity contribution >= 4 is 33.5 Å². The first-order valence-corrected chi connectivity index (χ1v) is 12.5. The third kappa shape index (κ3) is 6.89. The van der Waals surface area contributed by atoms with E-state index in [1.165, 1.54) is 30.5 Å². The highest BCUT2D eigenvalue weighted by Crippen LogP contribution is 2.29. The predicted molar refractivity (Wildman–Crippen MR) is 137 cm³/mol. The van der Waals surface area contributed by atoms with Crippen LogP contribution in [0, 0.1) is 16.0 Å². The van der Waals surface area contributed by atoms with Crippen molar-refractivity contribution in [3.63, 3.8) is 0 Å². The Morgan fingerprint density at radius 2 is 1.69 bits per heavy atom. The molecule has 0 saturated carbocycles. The predicted octanol–water partition coefficient (Wildman–Crippen LogP) is 3.98. The summed E-state index contributed by atoms with van der Waals surface area (Å²) in [4.78, 5) is 22.8. The highest BCUT2D eigenvalue weighted by atomic mass is 32.2. The lowest BCUT2D eigenvalue weighted by atomic mass is 10.2. The fourth-order valence-corrected chi connectivity index (χ4v) is 4.69. The molecule has 0 heterocycles. The molecular weight excluding hydrogens is 484 g/mol. The van der Waals surface area contributed by atoms with Crippen molar-refractivity contribution in [1.29, 1.82) is 0 Å². The molecule has 0 aliphatic carbocycles. The molecule has 0 aromatic heterocycles. The largest absolute Gasteiger partial charge is 0.493 e. The summed E-state index contributed by atoms with van der Waals surface area (Å²) in [5, 5.41) is 15.3. The molecule has 188 valence electrons. The molecule has 0 bridgehead atoms. The van der Waals surface area contributed by atoms with Gasteiger partial charge in [0.05, 0.1) is 23.4 Å². The number of nitro benzene ring substituents is 1. The van der Waals surface area contributed by atoms with Crippen LogP contribution in [-0.4, -0.2) is 38.6 Å². The van der Waals surface area contributed by atoms with E-state index in [0.717, 1.165) is 16.4 Å². The molecule has 0 saturated heterocycles. The Morgan fingerprint density at radius 1 is 1.06 bits per heavy atom. The van der Waals surface area contributed by atoms with Crippen molar-refractivity contribution in [2.75, 3.05) is 17.5 Å². The van der Waals surface area contributed by atoms with Gasteiger partial charge in [0.25, 0.3) is 21.6 Å².